The normalized spacial score (nSPS) is 11.1. The van der Waals surface area contributed by atoms with Crippen molar-refractivity contribution in [2.75, 3.05) is 29.0 Å². The highest BCUT2D eigenvalue weighted by Crippen LogP contribution is 2.28. The van der Waals surface area contributed by atoms with E-state index in [0.29, 0.717) is 22.0 Å². The number of benzene rings is 2. The summed E-state index contributed by atoms with van der Waals surface area (Å²) in [4.78, 5) is 24.3. The summed E-state index contributed by atoms with van der Waals surface area (Å²) in [5.74, 6) is -0.905. The molecule has 1 N–H and O–H groups in total. The predicted molar refractivity (Wildman–Crippen MR) is 124 cm³/mol. The number of carbonyl (C=O) groups is 2. The largest absolute Gasteiger partial charge is 0.462 e. The number of rotatable bonds is 9. The second-order valence-electron chi connectivity index (χ2n) is 6.79. The standard InChI is InChI=1S/C21H24Cl2N2O5S/c1-4-30-21(27)16-13-15(10-11-18(16)23)24-20(26)9-6-12-25(31(3,28)29)19-8-5-7-17(22)14(19)2/h5,7-8,10-11,13H,4,6,9,12H2,1-3H3,(H,24,26). The van der Waals surface area contributed by atoms with E-state index in [-0.39, 0.29) is 42.5 Å². The Balaban J connectivity index is 2.04. The lowest BCUT2D eigenvalue weighted by Crippen LogP contribution is -2.32. The van der Waals surface area contributed by atoms with Gasteiger partial charge in [0.05, 0.1) is 29.1 Å². The van der Waals surface area contributed by atoms with Gasteiger partial charge in [0.1, 0.15) is 0 Å². The number of hydrogen-bond acceptors (Lipinski definition) is 5. The molecule has 31 heavy (non-hydrogen) atoms. The maximum atomic E-state index is 12.3. The van der Waals surface area contributed by atoms with Gasteiger partial charge < -0.3 is 10.1 Å². The maximum Gasteiger partial charge on any atom is 0.339 e. The first-order valence-corrected chi connectivity index (χ1v) is 12.1. The molecule has 0 saturated heterocycles. The summed E-state index contributed by atoms with van der Waals surface area (Å²) in [5, 5.41) is 3.37. The van der Waals surface area contributed by atoms with Crippen molar-refractivity contribution in [3.63, 3.8) is 0 Å². The zero-order valence-corrected chi connectivity index (χ0v) is 19.8. The molecule has 0 saturated carbocycles. The highest BCUT2D eigenvalue weighted by atomic mass is 35.5. The fraction of sp³-hybridized carbons (Fsp3) is 0.333. The minimum atomic E-state index is -3.56. The first-order valence-electron chi connectivity index (χ1n) is 9.54. The van der Waals surface area contributed by atoms with Gasteiger partial charge in [0.25, 0.3) is 0 Å². The van der Waals surface area contributed by atoms with Crippen LogP contribution in [-0.2, 0) is 19.6 Å². The molecular formula is C21H24Cl2N2O5S. The molecule has 0 heterocycles. The molecule has 10 heteroatoms. The van der Waals surface area contributed by atoms with Gasteiger partial charge in [0, 0.05) is 23.7 Å². The van der Waals surface area contributed by atoms with E-state index in [9.17, 15) is 18.0 Å². The Bertz CT molecular complexity index is 1070. The SMILES string of the molecule is CCOC(=O)c1cc(NC(=O)CCCN(c2cccc(Cl)c2C)S(C)(=O)=O)ccc1Cl. The molecular weight excluding hydrogens is 463 g/mol. The zero-order valence-electron chi connectivity index (χ0n) is 17.4. The summed E-state index contributed by atoms with van der Waals surface area (Å²) < 4.78 is 30.7. The van der Waals surface area contributed by atoms with Crippen LogP contribution in [0.5, 0.6) is 0 Å². The van der Waals surface area contributed by atoms with Crippen molar-refractivity contribution < 1.29 is 22.7 Å². The molecule has 0 atom stereocenters. The molecule has 0 aliphatic heterocycles. The average molecular weight is 487 g/mol. The van der Waals surface area contributed by atoms with Crippen molar-refractivity contribution in [2.24, 2.45) is 0 Å². The van der Waals surface area contributed by atoms with Crippen molar-refractivity contribution >= 4 is 56.5 Å². The van der Waals surface area contributed by atoms with Crippen LogP contribution in [0.4, 0.5) is 11.4 Å². The topological polar surface area (TPSA) is 92.8 Å². The van der Waals surface area contributed by atoms with E-state index in [4.69, 9.17) is 27.9 Å². The second kappa shape index (κ2) is 10.8. The van der Waals surface area contributed by atoms with Crippen LogP contribution >= 0.6 is 23.2 Å². The number of amides is 1. The van der Waals surface area contributed by atoms with Gasteiger partial charge in [-0.15, -0.1) is 0 Å². The van der Waals surface area contributed by atoms with Gasteiger partial charge >= 0.3 is 5.97 Å². The van der Waals surface area contributed by atoms with Crippen molar-refractivity contribution in [1.29, 1.82) is 0 Å². The third-order valence-corrected chi connectivity index (χ3v) is 6.34. The van der Waals surface area contributed by atoms with Crippen molar-refractivity contribution in [3.8, 4) is 0 Å². The van der Waals surface area contributed by atoms with Gasteiger partial charge in [-0.2, -0.15) is 0 Å². The van der Waals surface area contributed by atoms with Crippen LogP contribution in [0.3, 0.4) is 0 Å². The third-order valence-electron chi connectivity index (χ3n) is 4.42. The van der Waals surface area contributed by atoms with E-state index in [1.54, 1.807) is 38.1 Å². The number of anilines is 2. The van der Waals surface area contributed by atoms with Gasteiger partial charge in [-0.05, 0) is 56.2 Å². The second-order valence-corrected chi connectivity index (χ2v) is 9.51. The van der Waals surface area contributed by atoms with Gasteiger partial charge in [0.15, 0.2) is 0 Å². The molecule has 168 valence electrons. The summed E-state index contributed by atoms with van der Waals surface area (Å²) in [7, 11) is -3.56. The molecule has 0 aliphatic rings. The highest BCUT2D eigenvalue weighted by molar-refractivity contribution is 7.92. The van der Waals surface area contributed by atoms with Crippen LogP contribution in [0.25, 0.3) is 0 Å². The zero-order chi connectivity index (χ0) is 23.2. The Kier molecular flexibility index (Phi) is 8.73. The molecule has 7 nitrogen and oxygen atoms in total. The van der Waals surface area contributed by atoms with Crippen LogP contribution in [0.2, 0.25) is 10.0 Å². The maximum absolute atomic E-state index is 12.3. The van der Waals surface area contributed by atoms with Gasteiger partial charge in [0.2, 0.25) is 15.9 Å². The van der Waals surface area contributed by atoms with Crippen LogP contribution in [-0.4, -0.2) is 39.7 Å². The lowest BCUT2D eigenvalue weighted by Gasteiger charge is -2.24. The number of halogens is 2. The molecule has 2 aromatic rings. The number of sulfonamides is 1. The molecule has 0 bridgehead atoms. The predicted octanol–water partition coefficient (Wildman–Crippen LogP) is 4.66. The van der Waals surface area contributed by atoms with E-state index in [2.05, 4.69) is 5.32 Å². The molecule has 2 rings (SSSR count). The van der Waals surface area contributed by atoms with E-state index < -0.39 is 16.0 Å². The van der Waals surface area contributed by atoms with Crippen LogP contribution in [0.15, 0.2) is 36.4 Å². The quantitative estimate of drug-likeness (QED) is 0.520. The number of esters is 1. The van der Waals surface area contributed by atoms with E-state index in [1.807, 2.05) is 0 Å². The third kappa shape index (κ3) is 6.85. The monoisotopic (exact) mass is 486 g/mol. The minimum absolute atomic E-state index is 0.0724. The number of nitrogens with one attached hydrogen (secondary N) is 1. The molecule has 1 amide bonds. The smallest absolute Gasteiger partial charge is 0.339 e. The van der Waals surface area contributed by atoms with Gasteiger partial charge in [-0.3, -0.25) is 9.10 Å². The molecule has 0 fully saturated rings. The summed E-state index contributed by atoms with van der Waals surface area (Å²) in [5.41, 5.74) is 1.67. The van der Waals surface area contributed by atoms with E-state index in [0.717, 1.165) is 6.26 Å². The molecule has 2 aromatic carbocycles. The Hall–Kier alpha value is -2.29. The fourth-order valence-corrected chi connectivity index (χ4v) is 4.29. The number of carbonyl (C=O) groups excluding carboxylic acids is 2. The van der Waals surface area contributed by atoms with Crippen LogP contribution < -0.4 is 9.62 Å². The molecule has 0 spiro atoms. The Morgan fingerprint density at radius 3 is 2.48 bits per heavy atom. The first-order chi connectivity index (χ1) is 14.5. The van der Waals surface area contributed by atoms with Crippen LogP contribution in [0, 0.1) is 6.92 Å². The Labute approximate surface area is 192 Å². The number of ether oxygens (including phenoxy) is 1. The lowest BCUT2D eigenvalue weighted by molar-refractivity contribution is -0.116. The Morgan fingerprint density at radius 2 is 1.84 bits per heavy atom. The summed E-state index contributed by atoms with van der Waals surface area (Å²) in [6, 6.07) is 9.54. The van der Waals surface area contributed by atoms with Crippen LogP contribution in [0.1, 0.15) is 35.7 Å². The van der Waals surface area contributed by atoms with Gasteiger partial charge in [-0.1, -0.05) is 29.3 Å². The van der Waals surface area contributed by atoms with E-state index >= 15 is 0 Å². The van der Waals surface area contributed by atoms with E-state index in [1.165, 1.54) is 16.4 Å². The highest BCUT2D eigenvalue weighted by Gasteiger charge is 2.20. The average Bonchev–Trinajstić information content (AvgIpc) is 2.68. The van der Waals surface area contributed by atoms with Crippen molar-refractivity contribution in [3.05, 3.63) is 57.6 Å². The minimum Gasteiger partial charge on any atom is -0.462 e. The first kappa shape index (κ1) is 25.0. The number of nitrogens with zero attached hydrogens (tertiary/aromatic N) is 1. The lowest BCUT2D eigenvalue weighted by atomic mass is 10.2. The summed E-state index contributed by atoms with van der Waals surface area (Å²) in [6.45, 7) is 3.74. The number of hydrogen-bond donors (Lipinski definition) is 1. The van der Waals surface area contributed by atoms with Crippen molar-refractivity contribution in [2.45, 2.75) is 26.7 Å². The summed E-state index contributed by atoms with van der Waals surface area (Å²) >= 11 is 12.1. The molecule has 0 unspecified atom stereocenters. The van der Waals surface area contributed by atoms with Crippen molar-refractivity contribution in [1.82, 2.24) is 0 Å². The fourth-order valence-electron chi connectivity index (χ4n) is 2.91. The summed E-state index contributed by atoms with van der Waals surface area (Å²) in [6.07, 6.45) is 1.46. The molecule has 0 aromatic heterocycles. The molecule has 0 radical (unpaired) electrons. The Morgan fingerprint density at radius 1 is 1.13 bits per heavy atom. The van der Waals surface area contributed by atoms with Gasteiger partial charge in [-0.25, -0.2) is 13.2 Å². The molecule has 0 aliphatic carbocycles.